The van der Waals surface area contributed by atoms with Crippen LogP contribution in [0.1, 0.15) is 80.3 Å². The van der Waals surface area contributed by atoms with Gasteiger partial charge < -0.3 is 44.3 Å². The van der Waals surface area contributed by atoms with Crippen LogP contribution >= 0.6 is 11.6 Å². The Morgan fingerprint density at radius 2 is 1.41 bits per heavy atom. The van der Waals surface area contributed by atoms with Crippen LogP contribution < -0.4 is 5.32 Å². The number of esters is 4. The number of rotatable bonds is 10. The van der Waals surface area contributed by atoms with Crippen LogP contribution in [0.15, 0.2) is 102 Å². The number of Topliss-reactive ketones (excluding diaryl/α,β-unsaturated/α-hetero) is 1. The Kier molecular flexibility index (Phi) is 12.2. The number of carbonyl (C=O) groups is 6. The Morgan fingerprint density at radius 1 is 0.841 bits per heavy atom. The second-order valence-corrected chi connectivity index (χ2v) is 17.9. The molecule has 0 radical (unpaired) electrons. The van der Waals surface area contributed by atoms with E-state index in [-0.39, 0.29) is 22.3 Å². The van der Waals surface area contributed by atoms with Crippen LogP contribution in [0, 0.1) is 16.7 Å². The van der Waals surface area contributed by atoms with Crippen LogP contribution in [0.3, 0.4) is 0 Å². The summed E-state index contributed by atoms with van der Waals surface area (Å²) in [7, 11) is 0. The fraction of sp³-hybridized carbons (Fsp3) is 0.447. The maximum Gasteiger partial charge on any atom is 0.338 e. The third-order valence-corrected chi connectivity index (χ3v) is 13.9. The van der Waals surface area contributed by atoms with E-state index in [1.54, 1.807) is 78.9 Å². The molecule has 0 spiro atoms. The number of ketones is 1. The van der Waals surface area contributed by atoms with E-state index < -0.39 is 125 Å². The second kappa shape index (κ2) is 16.9. The van der Waals surface area contributed by atoms with E-state index in [4.69, 9.17) is 35.3 Å². The quantitative estimate of drug-likeness (QED) is 0.0981. The SMILES string of the molecule is CC(=O)O[C@H]1C(=O)[C@@]2(C)[C@H]([C@H](OC(=O)c3ccccc3)[C@]3(O)C[C@H](OC(=O)[C@H](O)[C@@H](NC(=O)c4ccccc4)c4ccccc4)C(C)=C1C3(C)C)[C@]1(OC(C)=O)CO[C@@H]1[C@@H](Cl)[C@@H]2O. The van der Waals surface area contributed by atoms with Gasteiger partial charge in [-0.05, 0) is 54.8 Å². The minimum Gasteiger partial charge on any atom is -0.456 e. The first kappa shape index (κ1) is 45.6. The molecule has 3 aromatic rings. The number of carbonyl (C=O) groups excluding carboxylic acids is 6. The third kappa shape index (κ3) is 7.52. The molecule has 4 aliphatic rings. The van der Waals surface area contributed by atoms with Crippen molar-refractivity contribution in [2.24, 2.45) is 16.7 Å². The number of hydrogen-bond donors (Lipinski definition) is 4. The van der Waals surface area contributed by atoms with Crippen molar-refractivity contribution < 1.29 is 67.8 Å². The fourth-order valence-corrected chi connectivity index (χ4v) is 10.8. The first-order valence-electron chi connectivity index (χ1n) is 20.5. The highest BCUT2D eigenvalue weighted by Crippen LogP contribution is 2.65. The van der Waals surface area contributed by atoms with Crippen LogP contribution in [-0.4, -0.2) is 111 Å². The van der Waals surface area contributed by atoms with E-state index in [2.05, 4.69) is 5.32 Å². The van der Waals surface area contributed by atoms with Crippen molar-refractivity contribution in [1.29, 1.82) is 0 Å². The zero-order valence-corrected chi connectivity index (χ0v) is 36.2. The summed E-state index contributed by atoms with van der Waals surface area (Å²) in [5.41, 5.74) is -7.56. The highest BCUT2D eigenvalue weighted by Gasteiger charge is 2.80. The Morgan fingerprint density at radius 3 is 1.95 bits per heavy atom. The summed E-state index contributed by atoms with van der Waals surface area (Å²) in [4.78, 5) is 83.7. The van der Waals surface area contributed by atoms with Gasteiger partial charge in [0.2, 0.25) is 0 Å². The molecule has 3 aromatic carbocycles. The molecule has 63 heavy (non-hydrogen) atoms. The lowest BCUT2D eigenvalue weighted by molar-refractivity contribution is -0.344. The molecule has 1 amide bonds. The van der Waals surface area contributed by atoms with Gasteiger partial charge in [-0.3, -0.25) is 19.2 Å². The summed E-state index contributed by atoms with van der Waals surface area (Å²) < 4.78 is 30.2. The zero-order valence-electron chi connectivity index (χ0n) is 35.5. The monoisotopic (exact) mass is 887 g/mol. The van der Waals surface area contributed by atoms with Crippen molar-refractivity contribution in [3.63, 3.8) is 0 Å². The number of amides is 1. The third-order valence-electron chi connectivity index (χ3n) is 13.5. The molecular weight excluding hydrogens is 838 g/mol. The summed E-state index contributed by atoms with van der Waals surface area (Å²) in [6.45, 7) is 7.67. The fourth-order valence-electron chi connectivity index (χ4n) is 10.2. The molecule has 3 aliphatic carbocycles. The number of halogens is 1. The van der Waals surface area contributed by atoms with Crippen molar-refractivity contribution in [1.82, 2.24) is 5.32 Å². The first-order chi connectivity index (χ1) is 29.7. The summed E-state index contributed by atoms with van der Waals surface area (Å²) in [5, 5.41) is 39.0. The normalized spacial score (nSPS) is 32.7. The van der Waals surface area contributed by atoms with Gasteiger partial charge in [-0.2, -0.15) is 0 Å². The molecule has 1 saturated heterocycles. The molecule has 0 unspecified atom stereocenters. The van der Waals surface area contributed by atoms with E-state index in [0.29, 0.717) is 5.56 Å². The lowest BCUT2D eigenvalue weighted by atomic mass is 9.44. The van der Waals surface area contributed by atoms with Gasteiger partial charge in [0.1, 0.15) is 23.9 Å². The molecule has 4 N–H and O–H groups in total. The minimum atomic E-state index is -2.44. The van der Waals surface area contributed by atoms with Crippen molar-refractivity contribution in [2.45, 2.75) is 107 Å². The molecule has 12 atom stereocenters. The van der Waals surface area contributed by atoms with Gasteiger partial charge in [0, 0.05) is 31.2 Å². The molecule has 7 rings (SSSR count). The average molecular weight is 888 g/mol. The van der Waals surface area contributed by atoms with E-state index in [9.17, 15) is 39.3 Å². The largest absolute Gasteiger partial charge is 0.456 e. The van der Waals surface area contributed by atoms with Crippen LogP contribution in [0.5, 0.6) is 0 Å². The van der Waals surface area contributed by atoms with Gasteiger partial charge in [0.05, 0.1) is 41.0 Å². The molecule has 0 aromatic heterocycles. The van der Waals surface area contributed by atoms with Gasteiger partial charge in [-0.15, -0.1) is 11.6 Å². The highest BCUT2D eigenvalue weighted by atomic mass is 35.5. The summed E-state index contributed by atoms with van der Waals surface area (Å²) in [6.07, 6.45) is -11.1. The minimum absolute atomic E-state index is 0.0414. The maximum atomic E-state index is 15.6. The van der Waals surface area contributed by atoms with Gasteiger partial charge in [0.25, 0.3) is 5.91 Å². The molecule has 2 saturated carbocycles. The van der Waals surface area contributed by atoms with Crippen LogP contribution in [0.2, 0.25) is 0 Å². The molecule has 1 heterocycles. The molecule has 334 valence electrons. The highest BCUT2D eigenvalue weighted by molar-refractivity contribution is 6.22. The number of aliphatic hydroxyl groups is 3. The Bertz CT molecular complexity index is 2320. The Balaban J connectivity index is 1.40. The topological polar surface area (TPSA) is 221 Å². The first-order valence-corrected chi connectivity index (χ1v) is 21.0. The summed E-state index contributed by atoms with van der Waals surface area (Å²) in [5.74, 6) is -7.19. The zero-order chi connectivity index (χ0) is 45.8. The van der Waals surface area contributed by atoms with E-state index in [1.165, 1.54) is 39.8 Å². The van der Waals surface area contributed by atoms with Crippen LogP contribution in [-0.2, 0) is 42.9 Å². The van der Waals surface area contributed by atoms with Crippen molar-refractivity contribution in [3.8, 4) is 0 Å². The predicted octanol–water partition coefficient (Wildman–Crippen LogP) is 3.95. The van der Waals surface area contributed by atoms with E-state index >= 15 is 4.79 Å². The van der Waals surface area contributed by atoms with E-state index in [0.717, 1.165) is 13.8 Å². The van der Waals surface area contributed by atoms with Gasteiger partial charge in [-0.25, -0.2) is 9.59 Å². The number of fused-ring (bicyclic) bond motifs is 5. The standard InChI is InChI=1S/C47H50ClNO14/c1-24-30(61-43(57)34(52)33(27-16-10-7-11-17-27)49-41(55)28-18-12-8-13-19-28)22-47(58)40(62-42(56)29-20-14-9-15-21-29)36-45(6,38(54)35(60-25(2)50)31(24)44(47,4)5)37(53)32(48)39-46(36,23-59-39)63-26(3)51/h7-21,30,32-37,39-40,52-53,58H,22-23H2,1-6H3,(H,49,55)/t30-,32-,33-,34+,35+,36-,37-,39+,40-,45-,46+,47+/m0/s1. The summed E-state index contributed by atoms with van der Waals surface area (Å²) in [6, 6.07) is 22.8. The van der Waals surface area contributed by atoms with Gasteiger partial charge in [0.15, 0.2) is 23.6 Å². The number of hydrogen-bond acceptors (Lipinski definition) is 14. The van der Waals surface area contributed by atoms with Crippen LogP contribution in [0.25, 0.3) is 0 Å². The second-order valence-electron chi connectivity index (χ2n) is 17.4. The molecule has 16 heteroatoms. The summed E-state index contributed by atoms with van der Waals surface area (Å²) >= 11 is 6.88. The molecular formula is C47H50ClNO14. The average Bonchev–Trinajstić information content (AvgIpc) is 3.24. The van der Waals surface area contributed by atoms with Gasteiger partial charge in [-0.1, -0.05) is 80.6 Å². The number of ether oxygens (including phenoxy) is 5. The number of aliphatic hydroxyl groups excluding tert-OH is 2. The molecule has 1 aliphatic heterocycles. The molecule has 3 fully saturated rings. The molecule has 2 bridgehead atoms. The Labute approximate surface area is 368 Å². The van der Waals surface area contributed by atoms with E-state index in [1.807, 2.05) is 0 Å². The molecule has 15 nitrogen and oxygen atoms in total. The van der Waals surface area contributed by atoms with Gasteiger partial charge >= 0.3 is 23.9 Å². The number of nitrogens with one attached hydrogen (secondary N) is 1. The maximum absolute atomic E-state index is 15.6. The smallest absolute Gasteiger partial charge is 0.338 e. The lowest BCUT2D eigenvalue weighted by Crippen LogP contribution is -2.84. The number of benzene rings is 3. The predicted molar refractivity (Wildman–Crippen MR) is 223 cm³/mol. The van der Waals surface area contributed by atoms with Crippen molar-refractivity contribution in [3.05, 3.63) is 119 Å². The van der Waals surface area contributed by atoms with Crippen molar-refractivity contribution >= 4 is 47.2 Å². The van der Waals surface area contributed by atoms with Crippen molar-refractivity contribution in [2.75, 3.05) is 6.61 Å². The lowest BCUT2D eigenvalue weighted by Gasteiger charge is -2.68. The number of alkyl halides is 1. The van der Waals surface area contributed by atoms with Crippen LogP contribution in [0.4, 0.5) is 0 Å². The Hall–Kier alpha value is -5.45.